The van der Waals surface area contributed by atoms with E-state index in [0.717, 1.165) is 40.9 Å². The molecule has 1 fully saturated rings. The lowest BCUT2D eigenvalue weighted by atomic mass is 9.89. The van der Waals surface area contributed by atoms with Crippen LogP contribution < -0.4 is 14.8 Å². The van der Waals surface area contributed by atoms with E-state index in [1.54, 1.807) is 7.11 Å². The summed E-state index contributed by atoms with van der Waals surface area (Å²) in [5, 5.41) is 12.7. The first kappa shape index (κ1) is 14.6. The Labute approximate surface area is 122 Å². The van der Waals surface area contributed by atoms with Gasteiger partial charge in [0.25, 0.3) is 0 Å². The maximum atomic E-state index is 9.25. The first-order valence-corrected chi connectivity index (χ1v) is 7.34. The van der Waals surface area contributed by atoms with E-state index in [0.29, 0.717) is 12.6 Å². The number of ether oxygens (including phenoxy) is 2. The molecule has 0 aromatic heterocycles. The molecule has 0 saturated heterocycles. The topological polar surface area (TPSA) is 50.7 Å². The van der Waals surface area contributed by atoms with Gasteiger partial charge in [0.15, 0.2) is 11.5 Å². The van der Waals surface area contributed by atoms with Crippen molar-refractivity contribution in [3.05, 3.63) is 22.2 Å². The van der Waals surface area contributed by atoms with Gasteiger partial charge in [0.05, 0.1) is 24.3 Å². The molecule has 2 N–H and O–H groups in total. The molecule has 0 radical (unpaired) electrons. The molecule has 0 aliphatic heterocycles. The lowest BCUT2D eigenvalue weighted by molar-refractivity contribution is 0.0619. The molecule has 1 aliphatic carbocycles. The van der Waals surface area contributed by atoms with E-state index in [-0.39, 0.29) is 6.10 Å². The van der Waals surface area contributed by atoms with Gasteiger partial charge in [-0.15, -0.1) is 0 Å². The third-order valence-electron chi connectivity index (χ3n) is 3.29. The lowest BCUT2D eigenvalue weighted by Gasteiger charge is -2.32. The summed E-state index contributed by atoms with van der Waals surface area (Å²) in [6, 6.07) is 4.44. The minimum absolute atomic E-state index is 0.126. The molecule has 19 heavy (non-hydrogen) atoms. The van der Waals surface area contributed by atoms with E-state index in [1.807, 2.05) is 19.1 Å². The van der Waals surface area contributed by atoms with E-state index >= 15 is 0 Å². The van der Waals surface area contributed by atoms with E-state index in [1.165, 1.54) is 0 Å². The molecule has 0 amide bonds. The molecule has 5 heteroatoms. The number of halogens is 1. The monoisotopic (exact) mass is 329 g/mol. The van der Waals surface area contributed by atoms with Crippen LogP contribution in [0.15, 0.2) is 16.6 Å². The number of aliphatic hydroxyl groups is 1. The number of hydrogen-bond donors (Lipinski definition) is 2. The lowest BCUT2D eigenvalue weighted by Crippen LogP contribution is -2.43. The molecule has 1 aromatic carbocycles. The molecule has 106 valence electrons. The first-order valence-electron chi connectivity index (χ1n) is 6.54. The maximum absolute atomic E-state index is 9.25. The standard InChI is InChI=1S/C14H20BrNO3/c1-3-19-14-12(15)4-9(5-13(14)18-2)8-16-10-6-11(17)7-10/h4-5,10-11,16-17H,3,6-8H2,1-2H3. The molecule has 0 heterocycles. The van der Waals surface area contributed by atoms with Crippen molar-refractivity contribution in [2.75, 3.05) is 13.7 Å². The largest absolute Gasteiger partial charge is 0.493 e. The molecular weight excluding hydrogens is 310 g/mol. The van der Waals surface area contributed by atoms with Crippen molar-refractivity contribution in [3.8, 4) is 11.5 Å². The second kappa shape index (κ2) is 6.59. The Bertz CT molecular complexity index is 433. The Morgan fingerprint density at radius 1 is 1.42 bits per heavy atom. The summed E-state index contributed by atoms with van der Waals surface area (Å²) < 4.78 is 11.8. The fourth-order valence-electron chi connectivity index (χ4n) is 2.18. The van der Waals surface area contributed by atoms with Crippen molar-refractivity contribution < 1.29 is 14.6 Å². The number of aliphatic hydroxyl groups excluding tert-OH is 1. The fraction of sp³-hybridized carbons (Fsp3) is 0.571. The molecule has 1 aromatic rings. The highest BCUT2D eigenvalue weighted by molar-refractivity contribution is 9.10. The van der Waals surface area contributed by atoms with Crippen molar-refractivity contribution in [2.24, 2.45) is 0 Å². The Hall–Kier alpha value is -0.780. The van der Waals surface area contributed by atoms with E-state index in [2.05, 4.69) is 21.2 Å². The third-order valence-corrected chi connectivity index (χ3v) is 3.87. The first-order chi connectivity index (χ1) is 9.13. The predicted octanol–water partition coefficient (Wildman–Crippen LogP) is 2.47. The average Bonchev–Trinajstić information content (AvgIpc) is 2.36. The molecule has 1 aliphatic rings. The summed E-state index contributed by atoms with van der Waals surface area (Å²) in [6.45, 7) is 3.31. The van der Waals surface area contributed by atoms with Gasteiger partial charge >= 0.3 is 0 Å². The Morgan fingerprint density at radius 3 is 2.74 bits per heavy atom. The number of methoxy groups -OCH3 is 1. The zero-order chi connectivity index (χ0) is 13.8. The molecule has 0 spiro atoms. The van der Waals surface area contributed by atoms with Crippen LogP contribution in [0.4, 0.5) is 0 Å². The second-order valence-electron chi connectivity index (χ2n) is 4.75. The molecule has 0 unspecified atom stereocenters. The summed E-state index contributed by atoms with van der Waals surface area (Å²) in [4.78, 5) is 0. The quantitative estimate of drug-likeness (QED) is 0.841. The number of nitrogens with one attached hydrogen (secondary N) is 1. The van der Waals surface area contributed by atoms with Crippen LogP contribution in [-0.4, -0.2) is 31.0 Å². The molecule has 2 rings (SSSR count). The minimum atomic E-state index is -0.126. The average molecular weight is 330 g/mol. The van der Waals surface area contributed by atoms with Crippen LogP contribution >= 0.6 is 15.9 Å². The van der Waals surface area contributed by atoms with Gasteiger partial charge in [-0.2, -0.15) is 0 Å². The van der Waals surface area contributed by atoms with Gasteiger partial charge in [-0.25, -0.2) is 0 Å². The molecule has 4 nitrogen and oxygen atoms in total. The fourth-order valence-corrected chi connectivity index (χ4v) is 2.78. The van der Waals surface area contributed by atoms with Gasteiger partial charge in [-0.1, -0.05) is 0 Å². The minimum Gasteiger partial charge on any atom is -0.493 e. The molecule has 1 saturated carbocycles. The van der Waals surface area contributed by atoms with Crippen LogP contribution in [0.2, 0.25) is 0 Å². The number of rotatable bonds is 6. The van der Waals surface area contributed by atoms with Gasteiger partial charge in [0.2, 0.25) is 0 Å². The van der Waals surface area contributed by atoms with Crippen LogP contribution in [0.5, 0.6) is 11.5 Å². The van der Waals surface area contributed by atoms with Crippen molar-refractivity contribution in [1.82, 2.24) is 5.32 Å². The second-order valence-corrected chi connectivity index (χ2v) is 5.60. The van der Waals surface area contributed by atoms with E-state index in [9.17, 15) is 5.11 Å². The van der Waals surface area contributed by atoms with Gasteiger partial charge in [-0.3, -0.25) is 0 Å². The van der Waals surface area contributed by atoms with Gasteiger partial charge in [-0.05, 0) is 53.4 Å². The van der Waals surface area contributed by atoms with Gasteiger partial charge < -0.3 is 19.9 Å². The normalized spacial score (nSPS) is 21.9. The summed E-state index contributed by atoms with van der Waals surface area (Å²) in [5.74, 6) is 1.48. The van der Waals surface area contributed by atoms with Crippen LogP contribution in [0.3, 0.4) is 0 Å². The summed E-state index contributed by atoms with van der Waals surface area (Å²) in [6.07, 6.45) is 1.56. The van der Waals surface area contributed by atoms with E-state index in [4.69, 9.17) is 9.47 Å². The molecular formula is C14H20BrNO3. The third kappa shape index (κ3) is 3.61. The van der Waals surface area contributed by atoms with Crippen molar-refractivity contribution in [3.63, 3.8) is 0 Å². The summed E-state index contributed by atoms with van der Waals surface area (Å²) >= 11 is 3.51. The Morgan fingerprint density at radius 2 is 2.16 bits per heavy atom. The Balaban J connectivity index is 2.02. The zero-order valence-corrected chi connectivity index (χ0v) is 12.9. The number of hydrogen-bond acceptors (Lipinski definition) is 4. The maximum Gasteiger partial charge on any atom is 0.175 e. The van der Waals surface area contributed by atoms with Crippen LogP contribution in [0, 0.1) is 0 Å². The van der Waals surface area contributed by atoms with Crippen LogP contribution in [0.25, 0.3) is 0 Å². The van der Waals surface area contributed by atoms with Crippen molar-refractivity contribution >= 4 is 15.9 Å². The molecule has 0 atom stereocenters. The summed E-state index contributed by atoms with van der Waals surface area (Å²) in [7, 11) is 1.64. The van der Waals surface area contributed by atoms with Crippen molar-refractivity contribution in [1.29, 1.82) is 0 Å². The Kier molecular flexibility index (Phi) is 5.07. The zero-order valence-electron chi connectivity index (χ0n) is 11.3. The van der Waals surface area contributed by atoms with E-state index < -0.39 is 0 Å². The van der Waals surface area contributed by atoms with Gasteiger partial charge in [0, 0.05) is 12.6 Å². The highest BCUT2D eigenvalue weighted by atomic mass is 79.9. The van der Waals surface area contributed by atoms with Crippen LogP contribution in [-0.2, 0) is 6.54 Å². The highest BCUT2D eigenvalue weighted by Crippen LogP contribution is 2.36. The van der Waals surface area contributed by atoms with Crippen molar-refractivity contribution in [2.45, 2.75) is 38.5 Å². The number of benzene rings is 1. The summed E-state index contributed by atoms with van der Waals surface area (Å²) in [5.41, 5.74) is 1.13. The predicted molar refractivity (Wildman–Crippen MR) is 77.7 cm³/mol. The smallest absolute Gasteiger partial charge is 0.175 e. The van der Waals surface area contributed by atoms with Crippen LogP contribution in [0.1, 0.15) is 25.3 Å². The highest BCUT2D eigenvalue weighted by Gasteiger charge is 2.26. The molecule has 0 bridgehead atoms. The van der Waals surface area contributed by atoms with Gasteiger partial charge in [0.1, 0.15) is 0 Å². The SMILES string of the molecule is CCOc1c(Br)cc(CNC2CC(O)C2)cc1OC.